The Balaban J connectivity index is 4.62. The van der Waals surface area contributed by atoms with Crippen molar-refractivity contribution in [3.8, 4) is 0 Å². The number of rotatable bonds is 10. The van der Waals surface area contributed by atoms with Crippen LogP contribution in [0.4, 0.5) is 0 Å². The van der Waals surface area contributed by atoms with E-state index in [1.807, 2.05) is 0 Å². The molecule has 0 fully saturated rings. The van der Waals surface area contributed by atoms with Crippen LogP contribution in [0.25, 0.3) is 0 Å². The Morgan fingerprint density at radius 1 is 0.889 bits per heavy atom. The van der Waals surface area contributed by atoms with Gasteiger partial charge in [-0.3, -0.25) is 0 Å². The van der Waals surface area contributed by atoms with Gasteiger partial charge in [0.1, 0.15) is 0 Å². The second kappa shape index (κ2) is 8.88. The van der Waals surface area contributed by atoms with Crippen molar-refractivity contribution in [2.24, 2.45) is 0 Å². The summed E-state index contributed by atoms with van der Waals surface area (Å²) in [5.74, 6) is 0. The number of hydrogen-bond donors (Lipinski definition) is 0. The van der Waals surface area contributed by atoms with Crippen molar-refractivity contribution in [1.82, 2.24) is 8.61 Å². The molecule has 0 aliphatic carbocycles. The zero-order chi connectivity index (χ0) is 14.2. The number of unbranched alkanes of at least 4 members (excludes halogenated alkanes) is 3. The van der Waals surface area contributed by atoms with Crippen LogP contribution in [0.2, 0.25) is 0 Å². The fourth-order valence-corrected chi connectivity index (χ4v) is 3.13. The van der Waals surface area contributed by atoms with Gasteiger partial charge in [0.25, 0.3) is 10.2 Å². The number of nitrogens with zero attached hydrogens (tertiary/aromatic N) is 2. The lowest BCUT2D eigenvalue weighted by Crippen LogP contribution is -2.43. The van der Waals surface area contributed by atoms with Gasteiger partial charge in [-0.05, 0) is 12.8 Å². The molecule has 1 unspecified atom stereocenters. The molecular weight excluding hydrogens is 248 g/mol. The van der Waals surface area contributed by atoms with E-state index in [-0.39, 0.29) is 6.04 Å². The van der Waals surface area contributed by atoms with Crippen molar-refractivity contribution in [3.63, 3.8) is 0 Å². The summed E-state index contributed by atoms with van der Waals surface area (Å²) in [6.07, 6.45) is 7.59. The average molecular weight is 278 g/mol. The van der Waals surface area contributed by atoms with E-state index in [2.05, 4.69) is 13.8 Å². The molecule has 0 amide bonds. The molecular formula is C13H30N2O2S. The minimum Gasteiger partial charge on any atom is -0.195 e. The summed E-state index contributed by atoms with van der Waals surface area (Å²) in [6.45, 7) is 4.31. The molecule has 18 heavy (non-hydrogen) atoms. The van der Waals surface area contributed by atoms with Gasteiger partial charge in [0, 0.05) is 27.2 Å². The molecule has 0 saturated heterocycles. The first kappa shape index (κ1) is 17.9. The van der Waals surface area contributed by atoms with Crippen molar-refractivity contribution in [2.75, 3.05) is 21.1 Å². The van der Waals surface area contributed by atoms with Gasteiger partial charge in [0.05, 0.1) is 0 Å². The van der Waals surface area contributed by atoms with Crippen LogP contribution in [0.15, 0.2) is 0 Å². The summed E-state index contributed by atoms with van der Waals surface area (Å²) in [4.78, 5) is 0. The largest absolute Gasteiger partial charge is 0.281 e. The Morgan fingerprint density at radius 3 is 1.83 bits per heavy atom. The van der Waals surface area contributed by atoms with Crippen LogP contribution in [-0.2, 0) is 10.2 Å². The van der Waals surface area contributed by atoms with Gasteiger partial charge in [0.15, 0.2) is 0 Å². The second-order valence-corrected chi connectivity index (χ2v) is 7.30. The first-order chi connectivity index (χ1) is 8.37. The summed E-state index contributed by atoms with van der Waals surface area (Å²) in [6, 6.07) is 0.142. The van der Waals surface area contributed by atoms with E-state index in [1.165, 1.54) is 17.1 Å². The molecule has 110 valence electrons. The molecule has 0 aromatic carbocycles. The molecule has 0 aliphatic rings. The van der Waals surface area contributed by atoms with Crippen molar-refractivity contribution in [3.05, 3.63) is 0 Å². The highest BCUT2D eigenvalue weighted by molar-refractivity contribution is 7.86. The highest BCUT2D eigenvalue weighted by Crippen LogP contribution is 2.18. The maximum Gasteiger partial charge on any atom is 0.281 e. The third-order valence-corrected chi connectivity index (χ3v) is 5.32. The Labute approximate surface area is 114 Å². The Kier molecular flexibility index (Phi) is 8.82. The van der Waals surface area contributed by atoms with Crippen LogP contribution in [0, 0.1) is 0 Å². The molecule has 0 spiro atoms. The van der Waals surface area contributed by atoms with Crippen LogP contribution in [-0.4, -0.2) is 44.2 Å². The van der Waals surface area contributed by atoms with Gasteiger partial charge in [0.2, 0.25) is 0 Å². The normalized spacial score (nSPS) is 14.4. The second-order valence-electron chi connectivity index (χ2n) is 5.10. The maximum atomic E-state index is 12.1. The lowest BCUT2D eigenvalue weighted by atomic mass is 10.0. The maximum absolute atomic E-state index is 12.1. The predicted molar refractivity (Wildman–Crippen MR) is 77.8 cm³/mol. The summed E-state index contributed by atoms with van der Waals surface area (Å²) >= 11 is 0. The molecule has 0 bridgehead atoms. The predicted octanol–water partition coefficient (Wildman–Crippen LogP) is 2.86. The molecule has 0 rings (SSSR count). The summed E-state index contributed by atoms with van der Waals surface area (Å²) in [7, 11) is 1.62. The molecule has 0 aromatic heterocycles. The molecule has 5 heteroatoms. The third kappa shape index (κ3) is 5.67. The zero-order valence-corrected chi connectivity index (χ0v) is 13.5. The fourth-order valence-electron chi connectivity index (χ4n) is 2.02. The quantitative estimate of drug-likeness (QED) is 0.577. The van der Waals surface area contributed by atoms with Gasteiger partial charge >= 0.3 is 0 Å². The molecule has 0 radical (unpaired) electrons. The van der Waals surface area contributed by atoms with Crippen molar-refractivity contribution in [2.45, 2.75) is 64.8 Å². The Hall–Kier alpha value is -0.130. The van der Waals surface area contributed by atoms with Gasteiger partial charge < -0.3 is 0 Å². The molecule has 0 saturated carbocycles. The van der Waals surface area contributed by atoms with Gasteiger partial charge in [-0.25, -0.2) is 0 Å². The van der Waals surface area contributed by atoms with E-state index in [1.54, 1.807) is 25.4 Å². The van der Waals surface area contributed by atoms with E-state index >= 15 is 0 Å². The van der Waals surface area contributed by atoms with E-state index in [0.717, 1.165) is 32.1 Å². The minimum absolute atomic E-state index is 0.142. The Morgan fingerprint density at radius 2 is 1.39 bits per heavy atom. The van der Waals surface area contributed by atoms with Crippen LogP contribution in [0.3, 0.4) is 0 Å². The molecule has 0 aromatic rings. The minimum atomic E-state index is -3.28. The van der Waals surface area contributed by atoms with E-state index < -0.39 is 10.2 Å². The standard InChI is InChI=1S/C13H30N2O2S/c1-6-8-10-12-13(11-9-7-2)15(5)18(16,17)14(3)4/h13H,6-12H2,1-5H3. The molecule has 0 heterocycles. The highest BCUT2D eigenvalue weighted by atomic mass is 32.2. The summed E-state index contributed by atoms with van der Waals surface area (Å²) in [5, 5.41) is 0. The summed E-state index contributed by atoms with van der Waals surface area (Å²) in [5.41, 5.74) is 0. The first-order valence-electron chi connectivity index (χ1n) is 7.03. The lowest BCUT2D eigenvalue weighted by Gasteiger charge is -2.29. The molecule has 4 nitrogen and oxygen atoms in total. The first-order valence-corrected chi connectivity index (χ1v) is 8.43. The van der Waals surface area contributed by atoms with Crippen LogP contribution in [0.1, 0.15) is 58.8 Å². The van der Waals surface area contributed by atoms with Crippen molar-refractivity contribution >= 4 is 10.2 Å². The van der Waals surface area contributed by atoms with Crippen LogP contribution in [0.5, 0.6) is 0 Å². The van der Waals surface area contributed by atoms with Gasteiger partial charge in [-0.15, -0.1) is 0 Å². The SMILES string of the molecule is CCCCCC(CCCC)N(C)S(=O)(=O)N(C)C. The topological polar surface area (TPSA) is 40.6 Å². The average Bonchev–Trinajstić information content (AvgIpc) is 2.32. The molecule has 0 aliphatic heterocycles. The van der Waals surface area contributed by atoms with Crippen LogP contribution < -0.4 is 0 Å². The van der Waals surface area contributed by atoms with E-state index in [4.69, 9.17) is 0 Å². The molecule has 1 atom stereocenters. The molecule has 0 N–H and O–H groups in total. The van der Waals surface area contributed by atoms with E-state index in [9.17, 15) is 8.42 Å². The van der Waals surface area contributed by atoms with E-state index in [0.29, 0.717) is 0 Å². The Bertz CT molecular complexity index is 302. The monoisotopic (exact) mass is 278 g/mol. The van der Waals surface area contributed by atoms with Gasteiger partial charge in [-0.1, -0.05) is 46.0 Å². The smallest absolute Gasteiger partial charge is 0.195 e. The van der Waals surface area contributed by atoms with Gasteiger partial charge in [-0.2, -0.15) is 17.0 Å². The highest BCUT2D eigenvalue weighted by Gasteiger charge is 2.27. The van der Waals surface area contributed by atoms with Crippen molar-refractivity contribution in [1.29, 1.82) is 0 Å². The van der Waals surface area contributed by atoms with Crippen molar-refractivity contribution < 1.29 is 8.42 Å². The van der Waals surface area contributed by atoms with Crippen LogP contribution >= 0.6 is 0 Å². The summed E-state index contributed by atoms with van der Waals surface area (Å²) < 4.78 is 27.1. The lowest BCUT2D eigenvalue weighted by molar-refractivity contribution is 0.300. The zero-order valence-electron chi connectivity index (χ0n) is 12.6. The third-order valence-electron chi connectivity index (χ3n) is 3.37. The fraction of sp³-hybridized carbons (Fsp3) is 1.00. The number of hydrogen-bond acceptors (Lipinski definition) is 2.